The zero-order valence-electron chi connectivity index (χ0n) is 25.0. The number of carboxylic acid groups (broad SMARTS) is 1. The number of carboxylic acids is 1. The Morgan fingerprint density at radius 2 is 1.78 bits per heavy atom. The summed E-state index contributed by atoms with van der Waals surface area (Å²) in [4.78, 5) is 63.1. The third-order valence-corrected chi connectivity index (χ3v) is 10.6. The van der Waals surface area contributed by atoms with Crippen LogP contribution in [-0.4, -0.2) is 80.8 Å². The fourth-order valence-corrected chi connectivity index (χ4v) is 8.15. The quantitative estimate of drug-likeness (QED) is 0.412. The van der Waals surface area contributed by atoms with Crippen LogP contribution in [0.2, 0.25) is 0 Å². The SMILES string of the molecule is O=C(O)[C@@H]1CCCCC1C(=O)N1CCc2cccc(OC3CCN(C(=O)c4cncs4)C3)c2[C@H]1CN1Cc2ccccc2C1=O. The summed E-state index contributed by atoms with van der Waals surface area (Å²) in [5, 5.41) is 9.99. The van der Waals surface area contributed by atoms with Gasteiger partial charge in [-0.2, -0.15) is 0 Å². The lowest BCUT2D eigenvalue weighted by molar-refractivity contribution is -0.153. The molecule has 4 heterocycles. The zero-order valence-corrected chi connectivity index (χ0v) is 25.8. The lowest BCUT2D eigenvalue weighted by Crippen LogP contribution is -2.50. The van der Waals surface area contributed by atoms with Crippen molar-refractivity contribution in [1.82, 2.24) is 19.7 Å². The average Bonchev–Trinajstić information content (AvgIpc) is 3.82. The molecular formula is C34H36N4O6S. The van der Waals surface area contributed by atoms with Crippen LogP contribution >= 0.6 is 11.3 Å². The molecule has 3 amide bonds. The largest absolute Gasteiger partial charge is 0.488 e. The molecule has 0 bridgehead atoms. The van der Waals surface area contributed by atoms with Crippen molar-refractivity contribution in [2.24, 2.45) is 11.8 Å². The molecule has 1 aliphatic carbocycles. The number of benzene rings is 2. The van der Waals surface area contributed by atoms with Crippen molar-refractivity contribution in [1.29, 1.82) is 0 Å². The maximum atomic E-state index is 14.3. The van der Waals surface area contributed by atoms with Crippen LogP contribution < -0.4 is 4.74 Å². The van der Waals surface area contributed by atoms with E-state index in [0.29, 0.717) is 68.1 Å². The molecule has 0 spiro atoms. The molecule has 2 unspecified atom stereocenters. The summed E-state index contributed by atoms with van der Waals surface area (Å²) in [6, 6.07) is 13.0. The van der Waals surface area contributed by atoms with Crippen LogP contribution in [0.15, 0.2) is 54.2 Å². The Balaban J connectivity index is 1.19. The second kappa shape index (κ2) is 12.3. The molecular weight excluding hydrogens is 592 g/mol. The van der Waals surface area contributed by atoms with Crippen LogP contribution in [0.25, 0.3) is 0 Å². The highest BCUT2D eigenvalue weighted by Crippen LogP contribution is 2.42. The van der Waals surface area contributed by atoms with E-state index in [2.05, 4.69) is 4.98 Å². The first kappa shape index (κ1) is 29.5. The molecule has 4 aliphatic rings. The van der Waals surface area contributed by atoms with Gasteiger partial charge in [0.2, 0.25) is 5.91 Å². The topological polar surface area (TPSA) is 120 Å². The number of aliphatic carboxylic acids is 1. The van der Waals surface area contributed by atoms with E-state index in [9.17, 15) is 24.3 Å². The van der Waals surface area contributed by atoms with Crippen LogP contribution in [-0.2, 0) is 22.6 Å². The minimum atomic E-state index is -0.921. The first-order chi connectivity index (χ1) is 21.9. The van der Waals surface area contributed by atoms with Gasteiger partial charge >= 0.3 is 5.97 Å². The molecule has 3 aliphatic heterocycles. The maximum absolute atomic E-state index is 14.3. The summed E-state index contributed by atoms with van der Waals surface area (Å²) in [7, 11) is 0. The van der Waals surface area contributed by atoms with Crippen LogP contribution in [0.3, 0.4) is 0 Å². The van der Waals surface area contributed by atoms with Crippen molar-refractivity contribution in [2.45, 2.75) is 57.2 Å². The molecule has 7 rings (SSSR count). The number of likely N-dealkylation sites (tertiary alicyclic amines) is 1. The number of ether oxygens (including phenoxy) is 1. The maximum Gasteiger partial charge on any atom is 0.307 e. The number of rotatable bonds is 7. The molecule has 2 fully saturated rings. The highest BCUT2D eigenvalue weighted by atomic mass is 32.1. The Kier molecular flexibility index (Phi) is 8.03. The molecule has 2 aromatic carbocycles. The number of fused-ring (bicyclic) bond motifs is 2. The lowest BCUT2D eigenvalue weighted by atomic mass is 9.77. The normalized spacial score (nSPS) is 24.4. The summed E-state index contributed by atoms with van der Waals surface area (Å²) < 4.78 is 6.65. The average molecular weight is 629 g/mol. The fourth-order valence-electron chi connectivity index (χ4n) is 7.57. The van der Waals surface area contributed by atoms with Crippen molar-refractivity contribution in [3.05, 3.63) is 81.3 Å². The van der Waals surface area contributed by atoms with Crippen LogP contribution in [0.5, 0.6) is 5.75 Å². The molecule has 45 heavy (non-hydrogen) atoms. The molecule has 0 radical (unpaired) electrons. The van der Waals surface area contributed by atoms with Gasteiger partial charge in [0.05, 0.1) is 36.1 Å². The van der Waals surface area contributed by atoms with Gasteiger partial charge in [0.15, 0.2) is 0 Å². The number of nitrogens with zero attached hydrogens (tertiary/aromatic N) is 4. The minimum Gasteiger partial charge on any atom is -0.488 e. The Morgan fingerprint density at radius 3 is 2.56 bits per heavy atom. The highest BCUT2D eigenvalue weighted by molar-refractivity contribution is 7.11. The molecule has 3 aromatic rings. The van der Waals surface area contributed by atoms with E-state index in [1.54, 1.807) is 21.5 Å². The standard InChI is InChI=1S/C34H36N4O6S/c39-31-24-8-2-1-6-22(24)17-37(31)19-27-30-21(12-15-38(27)32(40)25-9-3-4-10-26(25)34(42)43)7-5-11-28(30)44-23-13-14-36(18-23)33(41)29-16-35-20-45-29/h1-2,5-8,11,16,20,23,25-27H,3-4,9-10,12-15,17-19H2,(H,42,43)/t23?,25?,26-,27-/m1/s1. The Bertz CT molecular complexity index is 1630. The molecule has 4 atom stereocenters. The zero-order chi connectivity index (χ0) is 31.1. The third kappa shape index (κ3) is 5.58. The van der Waals surface area contributed by atoms with Crippen molar-refractivity contribution >= 4 is 35.0 Å². The van der Waals surface area contributed by atoms with Gasteiger partial charge in [-0.25, -0.2) is 0 Å². The first-order valence-electron chi connectivity index (χ1n) is 15.8. The fraction of sp³-hybridized carbons (Fsp3) is 0.441. The van der Waals surface area contributed by atoms with Crippen molar-refractivity contribution in [3.63, 3.8) is 0 Å². The minimum absolute atomic E-state index is 0.0547. The molecule has 1 N–H and O–H groups in total. The second-order valence-electron chi connectivity index (χ2n) is 12.5. The molecule has 1 aromatic heterocycles. The van der Waals surface area contributed by atoms with Crippen molar-refractivity contribution in [2.75, 3.05) is 26.2 Å². The van der Waals surface area contributed by atoms with E-state index in [1.165, 1.54) is 11.3 Å². The highest BCUT2D eigenvalue weighted by Gasteiger charge is 2.44. The smallest absolute Gasteiger partial charge is 0.307 e. The van der Waals surface area contributed by atoms with E-state index >= 15 is 0 Å². The second-order valence-corrected chi connectivity index (χ2v) is 13.3. The van der Waals surface area contributed by atoms with Gasteiger partial charge in [-0.15, -0.1) is 11.3 Å². The number of amides is 3. The number of hydrogen-bond donors (Lipinski definition) is 1. The Hall–Kier alpha value is -4.25. The molecule has 1 saturated carbocycles. The number of hydrogen-bond acceptors (Lipinski definition) is 7. The van der Waals surface area contributed by atoms with Gasteiger partial charge < -0.3 is 24.5 Å². The third-order valence-electron chi connectivity index (χ3n) is 9.83. The summed E-state index contributed by atoms with van der Waals surface area (Å²) in [6.07, 6.45) is 5.30. The summed E-state index contributed by atoms with van der Waals surface area (Å²) in [5.74, 6) is -1.86. The van der Waals surface area contributed by atoms with Gasteiger partial charge in [-0.1, -0.05) is 43.2 Å². The predicted molar refractivity (Wildman–Crippen MR) is 166 cm³/mol. The number of carbonyl (C=O) groups excluding carboxylic acids is 3. The number of carbonyl (C=O) groups is 4. The molecule has 234 valence electrons. The molecule has 10 nitrogen and oxygen atoms in total. The monoisotopic (exact) mass is 628 g/mol. The van der Waals surface area contributed by atoms with Gasteiger partial charge in [0, 0.05) is 43.7 Å². The summed E-state index contributed by atoms with van der Waals surface area (Å²) >= 11 is 1.32. The van der Waals surface area contributed by atoms with E-state index in [4.69, 9.17) is 4.74 Å². The van der Waals surface area contributed by atoms with Gasteiger partial charge in [-0.05, 0) is 42.5 Å². The summed E-state index contributed by atoms with van der Waals surface area (Å²) in [6.45, 7) is 2.18. The van der Waals surface area contributed by atoms with E-state index in [1.807, 2.05) is 47.4 Å². The Labute approximate surface area is 265 Å². The van der Waals surface area contributed by atoms with Crippen molar-refractivity contribution in [3.8, 4) is 5.75 Å². The first-order valence-corrected chi connectivity index (χ1v) is 16.6. The predicted octanol–water partition coefficient (Wildman–Crippen LogP) is 4.41. The lowest BCUT2D eigenvalue weighted by Gasteiger charge is -2.43. The van der Waals surface area contributed by atoms with Gasteiger partial charge in [0.1, 0.15) is 16.7 Å². The van der Waals surface area contributed by atoms with Gasteiger partial charge in [0.25, 0.3) is 11.8 Å². The molecule has 1 saturated heterocycles. The summed E-state index contributed by atoms with van der Waals surface area (Å²) in [5.41, 5.74) is 5.20. The van der Waals surface area contributed by atoms with Crippen LogP contribution in [0.4, 0.5) is 0 Å². The number of aromatic nitrogens is 1. The molecule has 11 heteroatoms. The number of thiazole rings is 1. The van der Waals surface area contributed by atoms with Gasteiger partial charge in [-0.3, -0.25) is 24.2 Å². The van der Waals surface area contributed by atoms with E-state index in [-0.39, 0.29) is 30.4 Å². The van der Waals surface area contributed by atoms with Crippen molar-refractivity contribution < 1.29 is 29.0 Å². The Morgan fingerprint density at radius 1 is 0.978 bits per heavy atom. The van der Waals surface area contributed by atoms with Crippen LogP contribution in [0.1, 0.15) is 74.9 Å². The van der Waals surface area contributed by atoms with Crippen LogP contribution in [0, 0.1) is 11.8 Å². The van der Waals surface area contributed by atoms with E-state index < -0.39 is 23.8 Å². The van der Waals surface area contributed by atoms with E-state index in [0.717, 1.165) is 29.5 Å².